The predicted molar refractivity (Wildman–Crippen MR) is 113 cm³/mol. The minimum Gasteiger partial charge on any atom is -0.292 e. The zero-order valence-corrected chi connectivity index (χ0v) is 18.5. The zero-order valence-electron chi connectivity index (χ0n) is 18.5. The van der Waals surface area contributed by atoms with Crippen molar-refractivity contribution in [2.24, 2.45) is 0 Å². The highest BCUT2D eigenvalue weighted by atomic mass is 17.2. The van der Waals surface area contributed by atoms with Crippen molar-refractivity contribution in [1.29, 1.82) is 0 Å². The quantitative estimate of drug-likeness (QED) is 0.398. The van der Waals surface area contributed by atoms with Crippen LogP contribution in [0, 0.1) is 13.8 Å². The third kappa shape index (κ3) is 7.61. The summed E-state index contributed by atoms with van der Waals surface area (Å²) < 4.78 is 0. The van der Waals surface area contributed by atoms with Gasteiger partial charge in [-0.1, -0.05) is 35.4 Å². The van der Waals surface area contributed by atoms with E-state index in [4.69, 9.17) is 19.6 Å². The number of rotatable bonds is 9. The standard InChI is InChI=1S/C24H30O6/c1-17-7-11-19(12-8-17)21(25)27-29-23(3,4)15-16-24(5,6)30-28-22(26)20-13-9-18(2)10-14-20/h7-14H,15-16H2,1-6H3. The van der Waals surface area contributed by atoms with E-state index in [1.165, 1.54) is 0 Å². The molecule has 0 saturated carbocycles. The van der Waals surface area contributed by atoms with Crippen molar-refractivity contribution in [3.63, 3.8) is 0 Å². The van der Waals surface area contributed by atoms with Crippen LogP contribution in [-0.4, -0.2) is 23.1 Å². The molecule has 30 heavy (non-hydrogen) atoms. The van der Waals surface area contributed by atoms with Gasteiger partial charge >= 0.3 is 11.9 Å². The Kier molecular flexibility index (Phi) is 7.76. The van der Waals surface area contributed by atoms with E-state index < -0.39 is 23.1 Å². The molecular formula is C24H30O6. The second-order valence-corrected chi connectivity index (χ2v) is 8.66. The number of hydrogen-bond donors (Lipinski definition) is 0. The van der Waals surface area contributed by atoms with Gasteiger partial charge in [0.05, 0.1) is 11.1 Å². The molecule has 2 rings (SSSR count). The van der Waals surface area contributed by atoms with E-state index in [1.54, 1.807) is 24.3 Å². The molecule has 0 saturated heterocycles. The highest BCUT2D eigenvalue weighted by Gasteiger charge is 2.30. The van der Waals surface area contributed by atoms with Gasteiger partial charge in [-0.05, 0) is 78.6 Å². The number of carbonyl (C=O) groups excluding carboxylic acids is 2. The normalized spacial score (nSPS) is 11.8. The second-order valence-electron chi connectivity index (χ2n) is 8.66. The molecule has 0 heterocycles. The van der Waals surface area contributed by atoms with E-state index in [1.807, 2.05) is 65.8 Å². The first-order chi connectivity index (χ1) is 14.0. The maximum absolute atomic E-state index is 12.1. The van der Waals surface area contributed by atoms with Crippen molar-refractivity contribution in [1.82, 2.24) is 0 Å². The minimum absolute atomic E-state index is 0.420. The Morgan fingerprint density at radius 3 is 1.23 bits per heavy atom. The lowest BCUT2D eigenvalue weighted by Gasteiger charge is -2.28. The molecule has 0 aromatic heterocycles. The van der Waals surface area contributed by atoms with E-state index in [0.29, 0.717) is 24.0 Å². The Hall–Kier alpha value is -2.70. The molecular weight excluding hydrogens is 384 g/mol. The van der Waals surface area contributed by atoms with Gasteiger partial charge in [-0.15, -0.1) is 0 Å². The summed E-state index contributed by atoms with van der Waals surface area (Å²) in [6.45, 7) is 11.1. The van der Waals surface area contributed by atoms with Crippen LogP contribution in [0.15, 0.2) is 48.5 Å². The molecule has 6 nitrogen and oxygen atoms in total. The fraction of sp³-hybridized carbons (Fsp3) is 0.417. The van der Waals surface area contributed by atoms with Crippen molar-refractivity contribution < 1.29 is 29.1 Å². The first-order valence-corrected chi connectivity index (χ1v) is 9.91. The fourth-order valence-corrected chi connectivity index (χ4v) is 2.46. The van der Waals surface area contributed by atoms with Crippen molar-refractivity contribution in [3.8, 4) is 0 Å². The molecule has 0 N–H and O–H groups in total. The lowest BCUT2D eigenvalue weighted by atomic mass is 9.94. The van der Waals surface area contributed by atoms with Gasteiger partial charge in [0.15, 0.2) is 0 Å². The Morgan fingerprint density at radius 1 is 0.633 bits per heavy atom. The summed E-state index contributed by atoms with van der Waals surface area (Å²) in [5.41, 5.74) is 1.45. The molecule has 0 aliphatic rings. The van der Waals surface area contributed by atoms with E-state index in [-0.39, 0.29) is 0 Å². The third-order valence-corrected chi connectivity index (χ3v) is 4.59. The van der Waals surface area contributed by atoms with Crippen LogP contribution in [0.1, 0.15) is 72.4 Å². The molecule has 0 amide bonds. The molecule has 0 radical (unpaired) electrons. The Bertz CT molecular complexity index is 777. The van der Waals surface area contributed by atoms with Crippen molar-refractivity contribution in [2.45, 2.75) is 65.6 Å². The average molecular weight is 414 g/mol. The number of carbonyl (C=O) groups is 2. The van der Waals surface area contributed by atoms with Crippen LogP contribution in [0.2, 0.25) is 0 Å². The van der Waals surface area contributed by atoms with Gasteiger partial charge in [0.2, 0.25) is 0 Å². The van der Waals surface area contributed by atoms with Crippen molar-refractivity contribution in [2.75, 3.05) is 0 Å². The smallest absolute Gasteiger partial charge is 0.292 e. The molecule has 0 bridgehead atoms. The summed E-state index contributed by atoms with van der Waals surface area (Å²) in [5.74, 6) is -1.10. The van der Waals surface area contributed by atoms with Gasteiger partial charge < -0.3 is 0 Å². The van der Waals surface area contributed by atoms with Gasteiger partial charge in [0.1, 0.15) is 11.2 Å². The highest BCUT2D eigenvalue weighted by molar-refractivity contribution is 5.89. The van der Waals surface area contributed by atoms with Crippen LogP contribution < -0.4 is 0 Å². The number of benzene rings is 2. The zero-order chi connectivity index (χ0) is 22.4. The van der Waals surface area contributed by atoms with Crippen molar-refractivity contribution in [3.05, 3.63) is 70.8 Å². The molecule has 6 heteroatoms. The Morgan fingerprint density at radius 2 is 0.933 bits per heavy atom. The first kappa shape index (κ1) is 23.6. The molecule has 0 unspecified atom stereocenters. The molecule has 2 aromatic carbocycles. The molecule has 0 spiro atoms. The minimum atomic E-state index is -0.748. The van der Waals surface area contributed by atoms with Gasteiger partial charge in [-0.3, -0.25) is 9.78 Å². The lowest BCUT2D eigenvalue weighted by molar-refractivity contribution is -0.325. The van der Waals surface area contributed by atoms with E-state index in [2.05, 4.69) is 0 Å². The molecule has 0 atom stereocenters. The first-order valence-electron chi connectivity index (χ1n) is 9.91. The largest absolute Gasteiger partial charge is 0.373 e. The second kappa shape index (κ2) is 9.87. The predicted octanol–water partition coefficient (Wildman–Crippen LogP) is 5.52. The maximum Gasteiger partial charge on any atom is 0.373 e. The van der Waals surface area contributed by atoms with Crippen LogP contribution >= 0.6 is 0 Å². The highest BCUT2D eigenvalue weighted by Crippen LogP contribution is 2.26. The Labute approximate surface area is 178 Å². The third-order valence-electron chi connectivity index (χ3n) is 4.59. The van der Waals surface area contributed by atoms with Crippen LogP contribution in [0.3, 0.4) is 0 Å². The van der Waals surface area contributed by atoms with Crippen LogP contribution in [0.5, 0.6) is 0 Å². The molecule has 162 valence electrons. The van der Waals surface area contributed by atoms with Crippen molar-refractivity contribution >= 4 is 11.9 Å². The summed E-state index contributed by atoms with van der Waals surface area (Å²) in [6.07, 6.45) is 1.01. The summed E-state index contributed by atoms with van der Waals surface area (Å²) in [5, 5.41) is 0. The van der Waals surface area contributed by atoms with Gasteiger partial charge in [-0.25, -0.2) is 9.59 Å². The van der Waals surface area contributed by atoms with Crippen LogP contribution in [0.4, 0.5) is 0 Å². The molecule has 0 fully saturated rings. The Balaban J connectivity index is 1.79. The average Bonchev–Trinajstić information content (AvgIpc) is 2.70. The molecule has 0 aliphatic carbocycles. The fourth-order valence-electron chi connectivity index (χ4n) is 2.46. The van der Waals surface area contributed by atoms with E-state index in [9.17, 15) is 9.59 Å². The SMILES string of the molecule is Cc1ccc(C(=O)OOC(C)(C)CCC(C)(C)OOC(=O)c2ccc(C)cc2)cc1. The monoisotopic (exact) mass is 414 g/mol. The lowest BCUT2D eigenvalue weighted by Crippen LogP contribution is -2.32. The number of hydrogen-bond acceptors (Lipinski definition) is 6. The summed E-state index contributed by atoms with van der Waals surface area (Å²) in [4.78, 5) is 44.9. The van der Waals surface area contributed by atoms with Crippen LogP contribution in [-0.2, 0) is 19.6 Å². The summed E-state index contributed by atoms with van der Waals surface area (Å²) in [6, 6.07) is 14.1. The van der Waals surface area contributed by atoms with Gasteiger partial charge in [0, 0.05) is 0 Å². The summed E-state index contributed by atoms with van der Waals surface area (Å²) in [7, 11) is 0. The van der Waals surface area contributed by atoms with Crippen LogP contribution in [0.25, 0.3) is 0 Å². The maximum atomic E-state index is 12.1. The van der Waals surface area contributed by atoms with Gasteiger partial charge in [0.25, 0.3) is 0 Å². The summed E-state index contributed by atoms with van der Waals surface area (Å²) >= 11 is 0. The molecule has 0 aliphatic heterocycles. The van der Waals surface area contributed by atoms with E-state index >= 15 is 0 Å². The van der Waals surface area contributed by atoms with E-state index in [0.717, 1.165) is 11.1 Å². The molecule has 2 aromatic rings. The van der Waals surface area contributed by atoms with Gasteiger partial charge in [-0.2, -0.15) is 9.78 Å². The number of aryl methyl sites for hydroxylation is 2. The topological polar surface area (TPSA) is 71.1 Å².